The zero-order chi connectivity index (χ0) is 20.0. The molecule has 0 radical (unpaired) electrons. The molecule has 0 saturated carbocycles. The van der Waals surface area contributed by atoms with Crippen LogP contribution in [-0.2, 0) is 0 Å². The van der Waals surface area contributed by atoms with Gasteiger partial charge in [0.2, 0.25) is 0 Å². The number of nitrogens with one attached hydrogen (secondary N) is 1. The Hall–Kier alpha value is -3.48. The van der Waals surface area contributed by atoms with Crippen LogP contribution in [0.15, 0.2) is 42.7 Å². The van der Waals surface area contributed by atoms with Gasteiger partial charge in [0.25, 0.3) is 0 Å². The molecule has 0 unspecified atom stereocenters. The van der Waals surface area contributed by atoms with Crippen LogP contribution in [0.1, 0.15) is 5.56 Å². The predicted octanol–water partition coefficient (Wildman–Crippen LogP) is 5.21. The van der Waals surface area contributed by atoms with E-state index in [0.29, 0.717) is 39.0 Å². The standard InChI is InChI=1S/C21H16F3N3O/c1-10-14(4-13(23)7-19(10)25)11-3-16-17(9-27-21(16)26-8-11)15-5-12(22)6-18(24)20(15)28-2/h3-9H,25H2,1-2H3,(H,26,27). The van der Waals surface area contributed by atoms with Crippen molar-refractivity contribution >= 4 is 16.7 Å². The number of aromatic nitrogens is 2. The van der Waals surface area contributed by atoms with E-state index < -0.39 is 17.5 Å². The van der Waals surface area contributed by atoms with Crippen LogP contribution in [0.4, 0.5) is 18.9 Å². The van der Waals surface area contributed by atoms with E-state index in [0.717, 1.165) is 6.07 Å². The highest BCUT2D eigenvalue weighted by atomic mass is 19.1. The van der Waals surface area contributed by atoms with Crippen LogP contribution in [-0.4, -0.2) is 17.1 Å². The Kier molecular flexibility index (Phi) is 4.22. The molecule has 0 aliphatic rings. The number of rotatable bonds is 3. The van der Waals surface area contributed by atoms with Gasteiger partial charge in [-0.3, -0.25) is 0 Å². The summed E-state index contributed by atoms with van der Waals surface area (Å²) in [6.45, 7) is 1.79. The number of pyridine rings is 1. The van der Waals surface area contributed by atoms with E-state index in [1.807, 2.05) is 0 Å². The van der Waals surface area contributed by atoms with Crippen LogP contribution < -0.4 is 10.5 Å². The predicted molar refractivity (Wildman–Crippen MR) is 103 cm³/mol. The van der Waals surface area contributed by atoms with Crippen LogP contribution in [0.25, 0.3) is 33.3 Å². The number of benzene rings is 2. The number of hydrogen-bond acceptors (Lipinski definition) is 3. The molecule has 0 aliphatic heterocycles. The smallest absolute Gasteiger partial charge is 0.168 e. The third kappa shape index (κ3) is 2.85. The molecule has 0 amide bonds. The van der Waals surface area contributed by atoms with Crippen molar-refractivity contribution in [2.24, 2.45) is 0 Å². The summed E-state index contributed by atoms with van der Waals surface area (Å²) in [5.74, 6) is -2.05. The summed E-state index contributed by atoms with van der Waals surface area (Å²) in [5, 5.41) is 0.614. The minimum atomic E-state index is -0.801. The fourth-order valence-electron chi connectivity index (χ4n) is 3.34. The second-order valence-corrected chi connectivity index (χ2v) is 6.46. The zero-order valence-electron chi connectivity index (χ0n) is 15.1. The Labute approximate surface area is 158 Å². The number of fused-ring (bicyclic) bond motifs is 1. The van der Waals surface area contributed by atoms with E-state index in [1.165, 1.54) is 25.3 Å². The number of aromatic amines is 1. The third-order valence-electron chi connectivity index (χ3n) is 4.76. The van der Waals surface area contributed by atoms with Gasteiger partial charge in [0, 0.05) is 46.2 Å². The molecule has 2 heterocycles. The van der Waals surface area contributed by atoms with Crippen LogP contribution in [0.5, 0.6) is 5.75 Å². The van der Waals surface area contributed by atoms with Crippen molar-refractivity contribution in [3.63, 3.8) is 0 Å². The summed E-state index contributed by atoms with van der Waals surface area (Å²) in [6.07, 6.45) is 3.19. The lowest BCUT2D eigenvalue weighted by atomic mass is 9.98. The van der Waals surface area contributed by atoms with Gasteiger partial charge in [-0.15, -0.1) is 0 Å². The second-order valence-electron chi connectivity index (χ2n) is 6.46. The van der Waals surface area contributed by atoms with Crippen molar-refractivity contribution in [2.45, 2.75) is 6.92 Å². The number of H-pyrrole nitrogens is 1. The fraction of sp³-hybridized carbons (Fsp3) is 0.0952. The normalized spacial score (nSPS) is 11.2. The molecule has 0 aliphatic carbocycles. The first-order valence-corrected chi connectivity index (χ1v) is 8.45. The fourth-order valence-corrected chi connectivity index (χ4v) is 3.34. The highest BCUT2D eigenvalue weighted by Gasteiger charge is 2.18. The van der Waals surface area contributed by atoms with Crippen LogP contribution in [0.3, 0.4) is 0 Å². The van der Waals surface area contributed by atoms with Crippen LogP contribution >= 0.6 is 0 Å². The van der Waals surface area contributed by atoms with E-state index in [-0.39, 0.29) is 11.3 Å². The number of nitrogens with zero attached hydrogens (tertiary/aromatic N) is 1. The molecule has 0 saturated heterocycles. The molecule has 4 aromatic rings. The largest absolute Gasteiger partial charge is 0.493 e. The maximum Gasteiger partial charge on any atom is 0.168 e. The molecular formula is C21H16F3N3O. The second kappa shape index (κ2) is 6.60. The molecule has 2 aromatic carbocycles. The molecule has 28 heavy (non-hydrogen) atoms. The van der Waals surface area contributed by atoms with Gasteiger partial charge in [0.15, 0.2) is 11.6 Å². The third-order valence-corrected chi connectivity index (χ3v) is 4.76. The maximum atomic E-state index is 14.1. The van der Waals surface area contributed by atoms with E-state index in [4.69, 9.17) is 10.5 Å². The van der Waals surface area contributed by atoms with Gasteiger partial charge in [0.1, 0.15) is 17.3 Å². The average Bonchev–Trinajstić information content (AvgIpc) is 3.07. The van der Waals surface area contributed by atoms with Crippen molar-refractivity contribution < 1.29 is 17.9 Å². The number of nitrogen functional groups attached to an aromatic ring is 1. The summed E-state index contributed by atoms with van der Waals surface area (Å²) in [5.41, 5.74) is 9.44. The Balaban J connectivity index is 1.97. The number of nitrogens with two attached hydrogens (primary N) is 1. The van der Waals surface area contributed by atoms with E-state index in [1.54, 1.807) is 25.4 Å². The molecule has 0 fully saturated rings. The highest BCUT2D eigenvalue weighted by molar-refractivity contribution is 5.97. The molecule has 2 aromatic heterocycles. The lowest BCUT2D eigenvalue weighted by molar-refractivity contribution is 0.386. The number of hydrogen-bond donors (Lipinski definition) is 2. The summed E-state index contributed by atoms with van der Waals surface area (Å²) in [7, 11) is 1.32. The summed E-state index contributed by atoms with van der Waals surface area (Å²) in [4.78, 5) is 7.34. The van der Waals surface area contributed by atoms with Crippen molar-refractivity contribution in [2.75, 3.05) is 12.8 Å². The monoisotopic (exact) mass is 383 g/mol. The van der Waals surface area contributed by atoms with Gasteiger partial charge in [-0.25, -0.2) is 18.2 Å². The zero-order valence-corrected chi connectivity index (χ0v) is 15.1. The quantitative estimate of drug-likeness (QED) is 0.477. The first-order chi connectivity index (χ1) is 13.4. The Morgan fingerprint density at radius 3 is 2.43 bits per heavy atom. The topological polar surface area (TPSA) is 63.9 Å². The number of anilines is 1. The van der Waals surface area contributed by atoms with Crippen molar-refractivity contribution in [3.05, 3.63) is 65.7 Å². The number of ether oxygens (including phenoxy) is 1. The molecule has 4 nitrogen and oxygen atoms in total. The first-order valence-electron chi connectivity index (χ1n) is 8.45. The Morgan fingerprint density at radius 1 is 0.964 bits per heavy atom. The number of halogens is 3. The van der Waals surface area contributed by atoms with Gasteiger partial charge in [0.05, 0.1) is 7.11 Å². The lowest BCUT2D eigenvalue weighted by Crippen LogP contribution is -1.95. The average molecular weight is 383 g/mol. The summed E-state index contributed by atoms with van der Waals surface area (Å²) < 4.78 is 47.0. The van der Waals surface area contributed by atoms with Crippen LogP contribution in [0, 0.1) is 24.4 Å². The SMILES string of the molecule is COc1c(F)cc(F)cc1-c1c[nH]c2ncc(-c3cc(F)cc(N)c3C)cc12. The van der Waals surface area contributed by atoms with E-state index >= 15 is 0 Å². The maximum absolute atomic E-state index is 14.1. The van der Waals surface area contributed by atoms with Crippen LogP contribution in [0.2, 0.25) is 0 Å². The van der Waals surface area contributed by atoms with Gasteiger partial charge >= 0.3 is 0 Å². The Morgan fingerprint density at radius 2 is 1.68 bits per heavy atom. The van der Waals surface area contributed by atoms with Gasteiger partial charge in [-0.05, 0) is 42.3 Å². The molecule has 0 atom stereocenters. The Bertz CT molecular complexity index is 1220. The van der Waals surface area contributed by atoms with E-state index in [9.17, 15) is 13.2 Å². The minimum absolute atomic E-state index is 0.0705. The molecule has 7 heteroatoms. The number of methoxy groups -OCH3 is 1. The summed E-state index contributed by atoms with van der Waals surface area (Å²) >= 11 is 0. The summed E-state index contributed by atoms with van der Waals surface area (Å²) in [6, 6.07) is 6.37. The van der Waals surface area contributed by atoms with E-state index in [2.05, 4.69) is 9.97 Å². The lowest BCUT2D eigenvalue weighted by Gasteiger charge is -2.11. The van der Waals surface area contributed by atoms with Gasteiger partial charge in [-0.1, -0.05) is 0 Å². The molecule has 0 bridgehead atoms. The molecule has 0 spiro atoms. The molecule has 3 N–H and O–H groups in total. The van der Waals surface area contributed by atoms with Gasteiger partial charge in [-0.2, -0.15) is 0 Å². The first kappa shape index (κ1) is 17.9. The molecule has 142 valence electrons. The van der Waals surface area contributed by atoms with Crippen molar-refractivity contribution in [3.8, 4) is 28.0 Å². The minimum Gasteiger partial charge on any atom is -0.493 e. The van der Waals surface area contributed by atoms with Crippen molar-refractivity contribution in [1.82, 2.24) is 9.97 Å². The highest BCUT2D eigenvalue weighted by Crippen LogP contribution is 2.38. The van der Waals surface area contributed by atoms with Gasteiger partial charge < -0.3 is 15.5 Å². The van der Waals surface area contributed by atoms with Crippen molar-refractivity contribution in [1.29, 1.82) is 0 Å². The molecule has 4 rings (SSSR count). The molecular weight excluding hydrogens is 367 g/mol.